The Bertz CT molecular complexity index is 529. The summed E-state index contributed by atoms with van der Waals surface area (Å²) in [6, 6.07) is 1.27. The summed E-state index contributed by atoms with van der Waals surface area (Å²) in [6.45, 7) is 3.05. The van der Waals surface area contributed by atoms with Gasteiger partial charge >= 0.3 is 0 Å². The Morgan fingerprint density at radius 3 is 2.90 bits per heavy atom. The van der Waals surface area contributed by atoms with E-state index in [4.69, 9.17) is 0 Å². The van der Waals surface area contributed by atoms with Gasteiger partial charge in [0, 0.05) is 19.2 Å². The first kappa shape index (κ1) is 15.2. The summed E-state index contributed by atoms with van der Waals surface area (Å²) in [6.07, 6.45) is 5.82. The molecule has 1 saturated carbocycles. The van der Waals surface area contributed by atoms with Crippen molar-refractivity contribution in [2.45, 2.75) is 32.6 Å². The normalized spacial score (nSPS) is 13.8. The SMILES string of the molecule is CCNc1ncc([N+](=O)[O-])cc1C(=O)NCCCC1CC1. The number of hydrogen-bond acceptors (Lipinski definition) is 5. The molecule has 0 aromatic carbocycles. The van der Waals surface area contributed by atoms with E-state index < -0.39 is 4.92 Å². The van der Waals surface area contributed by atoms with E-state index in [1.54, 1.807) is 0 Å². The van der Waals surface area contributed by atoms with Gasteiger partial charge < -0.3 is 10.6 Å². The van der Waals surface area contributed by atoms with Crippen molar-refractivity contribution in [3.63, 3.8) is 0 Å². The highest BCUT2D eigenvalue weighted by atomic mass is 16.6. The number of anilines is 1. The molecule has 0 saturated heterocycles. The molecule has 0 radical (unpaired) electrons. The summed E-state index contributed by atoms with van der Waals surface area (Å²) in [5.74, 6) is 0.888. The van der Waals surface area contributed by atoms with Crippen molar-refractivity contribution in [2.24, 2.45) is 5.92 Å². The van der Waals surface area contributed by atoms with Crippen LogP contribution in [0, 0.1) is 16.0 Å². The zero-order chi connectivity index (χ0) is 15.2. The van der Waals surface area contributed by atoms with Gasteiger partial charge in [0.25, 0.3) is 11.6 Å². The second kappa shape index (κ2) is 7.01. The minimum atomic E-state index is -0.549. The molecule has 2 N–H and O–H groups in total. The van der Waals surface area contributed by atoms with Crippen LogP contribution < -0.4 is 10.6 Å². The predicted molar refractivity (Wildman–Crippen MR) is 79.3 cm³/mol. The maximum Gasteiger partial charge on any atom is 0.288 e. The van der Waals surface area contributed by atoms with Gasteiger partial charge in [-0.3, -0.25) is 14.9 Å². The fourth-order valence-corrected chi connectivity index (χ4v) is 2.13. The van der Waals surface area contributed by atoms with Crippen molar-refractivity contribution in [1.82, 2.24) is 10.3 Å². The summed E-state index contributed by atoms with van der Waals surface area (Å²) < 4.78 is 0. The second-order valence-electron chi connectivity index (χ2n) is 5.22. The third-order valence-electron chi connectivity index (χ3n) is 3.44. The zero-order valence-corrected chi connectivity index (χ0v) is 12.1. The van der Waals surface area contributed by atoms with Crippen molar-refractivity contribution >= 4 is 17.4 Å². The Balaban J connectivity index is 2.00. The zero-order valence-electron chi connectivity index (χ0n) is 12.1. The fraction of sp³-hybridized carbons (Fsp3) is 0.571. The highest BCUT2D eigenvalue weighted by molar-refractivity contribution is 5.99. The summed E-state index contributed by atoms with van der Waals surface area (Å²) in [5.41, 5.74) is 0.0391. The van der Waals surface area contributed by atoms with Crippen molar-refractivity contribution in [3.05, 3.63) is 27.9 Å². The van der Waals surface area contributed by atoms with E-state index in [0.717, 1.165) is 25.0 Å². The molecule has 1 aromatic rings. The van der Waals surface area contributed by atoms with Crippen molar-refractivity contribution < 1.29 is 9.72 Å². The van der Waals surface area contributed by atoms with E-state index in [9.17, 15) is 14.9 Å². The van der Waals surface area contributed by atoms with E-state index in [1.165, 1.54) is 18.9 Å². The lowest BCUT2D eigenvalue weighted by Crippen LogP contribution is -2.26. The van der Waals surface area contributed by atoms with Gasteiger partial charge in [-0.05, 0) is 25.7 Å². The van der Waals surface area contributed by atoms with E-state index in [2.05, 4.69) is 15.6 Å². The van der Waals surface area contributed by atoms with Crippen LogP contribution in [0.5, 0.6) is 0 Å². The number of hydrogen-bond donors (Lipinski definition) is 2. The van der Waals surface area contributed by atoms with Gasteiger partial charge in [0.05, 0.1) is 10.5 Å². The lowest BCUT2D eigenvalue weighted by Gasteiger charge is -2.10. The number of amides is 1. The summed E-state index contributed by atoms with van der Waals surface area (Å²) >= 11 is 0. The molecule has 2 rings (SSSR count). The Labute approximate surface area is 123 Å². The molecule has 0 atom stereocenters. The van der Waals surface area contributed by atoms with Gasteiger partial charge in [-0.2, -0.15) is 0 Å². The molecule has 0 aliphatic heterocycles. The molecule has 1 aliphatic carbocycles. The van der Waals surface area contributed by atoms with E-state index >= 15 is 0 Å². The lowest BCUT2D eigenvalue weighted by atomic mass is 10.2. The van der Waals surface area contributed by atoms with Gasteiger partial charge in [-0.25, -0.2) is 4.98 Å². The Hall–Kier alpha value is -2.18. The minimum absolute atomic E-state index is 0.181. The number of nitrogens with one attached hydrogen (secondary N) is 2. The van der Waals surface area contributed by atoms with Gasteiger partial charge in [-0.1, -0.05) is 12.8 Å². The molecule has 0 spiro atoms. The largest absolute Gasteiger partial charge is 0.370 e. The van der Waals surface area contributed by atoms with Crippen LogP contribution in [-0.2, 0) is 0 Å². The molecule has 1 fully saturated rings. The number of nitrogens with zero attached hydrogens (tertiary/aromatic N) is 2. The Morgan fingerprint density at radius 1 is 1.52 bits per heavy atom. The molecule has 1 amide bonds. The van der Waals surface area contributed by atoms with Crippen LogP contribution in [0.15, 0.2) is 12.3 Å². The highest BCUT2D eigenvalue weighted by Crippen LogP contribution is 2.33. The number of pyridine rings is 1. The maximum atomic E-state index is 12.2. The van der Waals surface area contributed by atoms with Gasteiger partial charge in [0.1, 0.15) is 12.0 Å². The smallest absolute Gasteiger partial charge is 0.288 e. The molecule has 1 aromatic heterocycles. The lowest BCUT2D eigenvalue weighted by molar-refractivity contribution is -0.385. The molecule has 7 nitrogen and oxygen atoms in total. The minimum Gasteiger partial charge on any atom is -0.370 e. The predicted octanol–water partition coefficient (Wildman–Crippen LogP) is 2.34. The van der Waals surface area contributed by atoms with Crippen molar-refractivity contribution in [3.8, 4) is 0 Å². The van der Waals surface area contributed by atoms with Crippen LogP contribution in [0.25, 0.3) is 0 Å². The fourth-order valence-electron chi connectivity index (χ4n) is 2.13. The molecule has 21 heavy (non-hydrogen) atoms. The van der Waals surface area contributed by atoms with E-state index in [1.807, 2.05) is 6.92 Å². The quantitative estimate of drug-likeness (QED) is 0.435. The summed E-state index contributed by atoms with van der Waals surface area (Å²) in [4.78, 5) is 26.4. The third-order valence-corrected chi connectivity index (χ3v) is 3.44. The molecule has 0 bridgehead atoms. The van der Waals surface area contributed by atoms with Crippen LogP contribution in [0.1, 0.15) is 43.0 Å². The van der Waals surface area contributed by atoms with Crippen LogP contribution in [-0.4, -0.2) is 28.9 Å². The number of nitro groups is 1. The van der Waals surface area contributed by atoms with Gasteiger partial charge in [-0.15, -0.1) is 0 Å². The van der Waals surface area contributed by atoms with E-state index in [-0.39, 0.29) is 17.2 Å². The topological polar surface area (TPSA) is 97.2 Å². The van der Waals surface area contributed by atoms with E-state index in [0.29, 0.717) is 18.9 Å². The second-order valence-corrected chi connectivity index (χ2v) is 5.22. The molecule has 1 heterocycles. The Kier molecular flexibility index (Phi) is 5.08. The standard InChI is InChI=1S/C14H20N4O3/c1-2-15-13-12(8-11(9-17-13)18(20)21)14(19)16-7-3-4-10-5-6-10/h8-10H,2-7H2,1H3,(H,15,17)(H,16,19). The number of carbonyl (C=O) groups excluding carboxylic acids is 1. The van der Waals surface area contributed by atoms with Crippen LogP contribution in [0.4, 0.5) is 11.5 Å². The van der Waals surface area contributed by atoms with Crippen LogP contribution >= 0.6 is 0 Å². The Morgan fingerprint density at radius 2 is 2.29 bits per heavy atom. The van der Waals surface area contributed by atoms with Crippen molar-refractivity contribution in [1.29, 1.82) is 0 Å². The van der Waals surface area contributed by atoms with Crippen LogP contribution in [0.2, 0.25) is 0 Å². The van der Waals surface area contributed by atoms with Crippen LogP contribution in [0.3, 0.4) is 0 Å². The number of carbonyl (C=O) groups is 1. The molecule has 114 valence electrons. The molecular weight excluding hydrogens is 272 g/mol. The van der Waals surface area contributed by atoms with Gasteiger partial charge in [0.15, 0.2) is 0 Å². The molecule has 1 aliphatic rings. The third kappa shape index (κ3) is 4.40. The first-order valence-electron chi connectivity index (χ1n) is 7.28. The average Bonchev–Trinajstić information content (AvgIpc) is 3.28. The summed E-state index contributed by atoms with van der Waals surface area (Å²) in [5, 5.41) is 16.6. The average molecular weight is 292 g/mol. The first-order valence-corrected chi connectivity index (χ1v) is 7.28. The van der Waals surface area contributed by atoms with Gasteiger partial charge in [0.2, 0.25) is 0 Å². The number of rotatable bonds is 8. The molecule has 0 unspecified atom stereocenters. The summed E-state index contributed by atoms with van der Waals surface area (Å²) in [7, 11) is 0. The molecule has 7 heteroatoms. The first-order chi connectivity index (χ1) is 10.1. The molecular formula is C14H20N4O3. The highest BCUT2D eigenvalue weighted by Gasteiger charge is 2.21. The maximum absolute atomic E-state index is 12.2. The monoisotopic (exact) mass is 292 g/mol. The van der Waals surface area contributed by atoms with Crippen molar-refractivity contribution in [2.75, 3.05) is 18.4 Å². The number of aromatic nitrogens is 1.